The molecule has 0 aliphatic carbocycles. The van der Waals surface area contributed by atoms with Gasteiger partial charge >= 0.3 is 65.7 Å². The maximum atomic E-state index is 13.0. The first-order valence-electron chi connectivity index (χ1n) is 44.9. The molecule has 0 bridgehead atoms. The number of aliphatic hydroxyl groups is 1. The van der Waals surface area contributed by atoms with Crippen LogP contribution in [-0.4, -0.2) is 305 Å². The Morgan fingerprint density at radius 1 is 0.338 bits per heavy atom. The van der Waals surface area contributed by atoms with E-state index < -0.39 is 139 Å². The number of aromatic nitrogens is 6. The molecule has 6 heterocycles. The molecule has 130 heavy (non-hydrogen) atoms. The molecule has 12 atom stereocenters. The normalized spacial score (nSPS) is 16.4. The molecule has 12 unspecified atom stereocenters. The molecule has 0 radical (unpaired) electrons. The van der Waals surface area contributed by atoms with Crippen LogP contribution in [0.5, 0.6) is 17.6 Å². The molecule has 3 aromatic rings. The number of carbonyl (C=O) groups excluding carboxylic acids is 11. The number of rotatable bonds is 54. The molecule has 4 N–H and O–H groups in total. The molecule has 3 aliphatic heterocycles. The maximum Gasteiger partial charge on any atom is 0.347 e. The van der Waals surface area contributed by atoms with Crippen LogP contribution in [0, 0.1) is 0 Å². The van der Waals surface area contributed by atoms with Crippen LogP contribution in [0.3, 0.4) is 0 Å². The van der Waals surface area contributed by atoms with Gasteiger partial charge in [0, 0.05) is 88.9 Å². The van der Waals surface area contributed by atoms with Crippen molar-refractivity contribution < 1.29 is 138 Å². The first kappa shape index (κ1) is 114. The van der Waals surface area contributed by atoms with E-state index in [2.05, 4.69) is 49.1 Å². The Balaban J connectivity index is 0.000000420. The van der Waals surface area contributed by atoms with Gasteiger partial charge in [-0.15, -0.1) is 13.1 Å². The molecular weight excluding hydrogens is 1760 g/mol. The van der Waals surface area contributed by atoms with Crippen molar-refractivity contribution in [1.82, 2.24) is 42.2 Å². The minimum absolute atomic E-state index is 0.0133. The van der Waals surface area contributed by atoms with Gasteiger partial charge in [-0.3, -0.25) is 9.59 Å². The van der Waals surface area contributed by atoms with Crippen LogP contribution in [0.4, 0.5) is 17.5 Å². The largest absolute Gasteiger partial charge is 0.470 e. The predicted molar refractivity (Wildman–Crippen MR) is 480 cm³/mol. The number of ether oxygens (including phenoxy) is 17. The summed E-state index contributed by atoms with van der Waals surface area (Å²) in [6.45, 7) is 41.1. The number of anilines is 3. The zero-order valence-corrected chi connectivity index (χ0v) is 82.0. The second-order valence-electron chi connectivity index (χ2n) is 34.7. The summed E-state index contributed by atoms with van der Waals surface area (Å²) in [5, 5.41) is 19.0. The first-order chi connectivity index (χ1) is 61.4. The summed E-state index contributed by atoms with van der Waals surface area (Å²) in [6.07, 6.45) is 4.73. The van der Waals surface area contributed by atoms with Crippen molar-refractivity contribution in [1.29, 1.82) is 0 Å². The quantitative estimate of drug-likeness (QED) is 0.0234. The minimum Gasteiger partial charge on any atom is -0.470 e. The minimum atomic E-state index is -1.39. The van der Waals surface area contributed by atoms with Crippen LogP contribution in [0.25, 0.3) is 0 Å². The number of esters is 11. The second-order valence-corrected chi connectivity index (χ2v) is 36.3. The highest BCUT2D eigenvalue weighted by molar-refractivity contribution is 7.00. The lowest BCUT2D eigenvalue weighted by molar-refractivity contribution is -0.183. The van der Waals surface area contributed by atoms with E-state index in [0.717, 1.165) is 61.4 Å². The third kappa shape index (κ3) is 47.6. The Bertz CT molecular complexity index is 3840. The maximum absolute atomic E-state index is 13.0. The van der Waals surface area contributed by atoms with E-state index in [-0.39, 0.29) is 62.5 Å². The summed E-state index contributed by atoms with van der Waals surface area (Å²) >= 11 is 3.07. The lowest BCUT2D eigenvalue weighted by Gasteiger charge is -2.28. The van der Waals surface area contributed by atoms with Crippen LogP contribution in [0.1, 0.15) is 241 Å². The molecule has 3 aromatic heterocycles. The molecule has 3 fully saturated rings. The van der Waals surface area contributed by atoms with Crippen LogP contribution >= 0.6 is 35.2 Å². The van der Waals surface area contributed by atoms with Gasteiger partial charge in [0.2, 0.25) is 17.5 Å². The lowest BCUT2D eigenvalue weighted by Crippen LogP contribution is -2.45. The van der Waals surface area contributed by atoms with Crippen molar-refractivity contribution in [3.63, 3.8) is 0 Å². The van der Waals surface area contributed by atoms with Crippen molar-refractivity contribution >= 4 is 118 Å². The number of unbranched alkanes of at least 4 members (excludes halogenated alkanes) is 14. The van der Waals surface area contributed by atoms with Crippen molar-refractivity contribution in [3.8, 4) is 17.6 Å². The molecule has 0 amide bonds. The summed E-state index contributed by atoms with van der Waals surface area (Å²) in [7, 11) is 0. The summed E-state index contributed by atoms with van der Waals surface area (Å²) in [5.74, 6) is -6.40. The molecular formula is C86H144N12O29S3. The second kappa shape index (κ2) is 60.5. The molecule has 44 heteroatoms. The monoisotopic (exact) mass is 1900 g/mol. The first-order valence-corrected chi connectivity index (χ1v) is 47.1. The Labute approximate surface area is 776 Å². The van der Waals surface area contributed by atoms with Crippen LogP contribution in [0.15, 0.2) is 0 Å². The number of nitrogens with zero attached hydrogens (tertiary/aromatic N) is 9. The van der Waals surface area contributed by atoms with E-state index >= 15 is 0 Å². The molecule has 0 spiro atoms. The van der Waals surface area contributed by atoms with Gasteiger partial charge in [-0.1, -0.05) is 96.8 Å². The third-order valence-electron chi connectivity index (χ3n) is 19.3. The zero-order valence-electron chi connectivity index (χ0n) is 79.6. The lowest BCUT2D eigenvalue weighted by atomic mass is 10.0. The summed E-state index contributed by atoms with van der Waals surface area (Å²) < 4.78 is 117. The molecule has 0 saturated carbocycles. The van der Waals surface area contributed by atoms with Crippen molar-refractivity contribution in [2.45, 2.75) is 331 Å². The smallest absolute Gasteiger partial charge is 0.347 e. The Morgan fingerprint density at radius 3 is 0.815 bits per heavy atom. The van der Waals surface area contributed by atoms with Crippen molar-refractivity contribution in [3.05, 3.63) is 0 Å². The number of aliphatic hydroxyl groups excluding tert-OH is 1. The third-order valence-corrected chi connectivity index (χ3v) is 20.8. The van der Waals surface area contributed by atoms with Gasteiger partial charge in [0.15, 0.2) is 48.8 Å². The van der Waals surface area contributed by atoms with E-state index in [4.69, 9.17) is 80.5 Å². The van der Waals surface area contributed by atoms with E-state index in [0.29, 0.717) is 120 Å². The van der Waals surface area contributed by atoms with E-state index in [1.165, 1.54) is 133 Å². The average molecular weight is 1910 g/mol. The molecule has 41 nitrogen and oxygen atoms in total. The van der Waals surface area contributed by atoms with E-state index in [1.54, 1.807) is 0 Å². The zero-order chi connectivity index (χ0) is 96.5. The predicted octanol–water partition coefficient (Wildman–Crippen LogP) is 8.28. The summed E-state index contributed by atoms with van der Waals surface area (Å²) in [5.41, 5.74) is -0.806. The number of morpholine rings is 3. The number of carbonyl (C=O) groups is 11. The van der Waals surface area contributed by atoms with Gasteiger partial charge in [-0.05, 0) is 131 Å². The van der Waals surface area contributed by atoms with Gasteiger partial charge < -0.3 is 116 Å². The fourth-order valence-electron chi connectivity index (χ4n) is 11.8. The van der Waals surface area contributed by atoms with Crippen LogP contribution < -0.4 is 44.9 Å². The average Bonchev–Trinajstić information content (AvgIpc) is 1.71. The fourth-order valence-corrected chi connectivity index (χ4v) is 13.4. The Hall–Kier alpha value is -8.63. The number of hydrogen-bond acceptors (Lipinski definition) is 44. The molecule has 0 aromatic carbocycles. The van der Waals surface area contributed by atoms with E-state index in [9.17, 15) is 57.8 Å². The summed E-state index contributed by atoms with van der Waals surface area (Å²) in [6, 6.07) is 0. The van der Waals surface area contributed by atoms with Crippen LogP contribution in [-0.2, 0) is 119 Å². The summed E-state index contributed by atoms with van der Waals surface area (Å²) in [4.78, 5) is 141. The van der Waals surface area contributed by atoms with E-state index in [1.807, 2.05) is 77.0 Å². The highest BCUT2D eigenvalue weighted by atomic mass is 32.1. The Morgan fingerprint density at radius 2 is 0.569 bits per heavy atom. The van der Waals surface area contributed by atoms with Gasteiger partial charge in [0.05, 0.1) is 74.8 Å². The number of nitrogens with one attached hydrogen (secondary N) is 3. The molecule has 6 rings (SSSR count). The molecule has 3 saturated heterocycles. The van der Waals surface area contributed by atoms with Gasteiger partial charge in [-0.25, -0.2) is 43.2 Å². The van der Waals surface area contributed by atoms with Crippen molar-refractivity contribution in [2.75, 3.05) is 133 Å². The highest BCUT2D eigenvalue weighted by Crippen LogP contribution is 2.30. The number of hydrogen-bond donors (Lipinski definition) is 4. The fraction of sp³-hybridized carbons (Fsp3) is 0.802. The molecule has 3 aliphatic rings. The Kier molecular flexibility index (Phi) is 52.9. The van der Waals surface area contributed by atoms with Gasteiger partial charge in [-0.2, -0.15) is 13.1 Å². The molecule has 740 valence electrons. The van der Waals surface area contributed by atoms with Crippen LogP contribution in [0.2, 0.25) is 0 Å². The van der Waals surface area contributed by atoms with Gasteiger partial charge in [0.25, 0.3) is 17.6 Å². The van der Waals surface area contributed by atoms with Crippen molar-refractivity contribution in [2.24, 2.45) is 0 Å². The van der Waals surface area contributed by atoms with Gasteiger partial charge in [0.1, 0.15) is 44.2 Å². The topological polar surface area (TPSA) is 488 Å². The highest BCUT2D eigenvalue weighted by Gasteiger charge is 2.36. The SMILES string of the molecule is CC(=O)OC(C)C(=O)OC(C)C(=O)OC(C)C(=O)OC(CNC(C)(C)C)COc1nsnc1N1CCOCC1.CC(O)C(=O)OC(C)C(=O)OC(C)C(=O)OC(CNC(C)(C)C)COc1nsnc1N1CCOCC1.CCCCCCCCCCCCCCCCCC(=O)OC(C)C(=O)OC(C)C(=O)OC(C)C(=O)OC(CNC(C)(C)C)COc1nsnc1N1CCOCC1. The standard InChI is InChI=1S/C40H70N4O10S.C24H38N4O10S.C22H36N4O9S/c1-8-9-10-11-12-13-14-15-16-17-18-19-20-21-22-23-34(45)51-30(2)37(46)52-31(3)38(47)53-32(4)39(48)54-33(28-41-40(5,6)7)29-50-36-35(42-55-43-36)44-24-26-49-27-25-44;1-14(35-17(4)29)21(30)36-15(2)22(31)37-16(3)23(32)38-18(12-25-24(5,6)7)13-34-20-19(26-39-27-20)28-8-10-33-11-9-28;1-13(27)19(28)33-14(2)20(29)34-15(3)21(30)35-16(11-23-22(4,5)6)12-32-18-17(24-36-25-18)26-7-9-31-10-8-26/h30-33,41H,8-29H2,1-7H3;14-16,18,25H,8-13H2,1-7H3;13-16,23,27H,7-12H2,1-6H3.